The number of thiophene rings is 1. The van der Waals surface area contributed by atoms with E-state index >= 15 is 0 Å². The number of hydrogen-bond acceptors (Lipinski definition) is 6. The van der Waals surface area contributed by atoms with Gasteiger partial charge >= 0.3 is 6.18 Å². The molecule has 1 aromatic heterocycles. The van der Waals surface area contributed by atoms with E-state index in [0.29, 0.717) is 18.0 Å². The Morgan fingerprint density at radius 2 is 2.19 bits per heavy atom. The zero-order valence-corrected chi connectivity index (χ0v) is 18.6. The topological polar surface area (TPSA) is 48.9 Å². The van der Waals surface area contributed by atoms with E-state index in [9.17, 15) is 13.2 Å². The van der Waals surface area contributed by atoms with Gasteiger partial charge in [0.25, 0.3) is 0 Å². The van der Waals surface area contributed by atoms with Crippen molar-refractivity contribution in [2.24, 2.45) is 4.99 Å². The van der Waals surface area contributed by atoms with Crippen LogP contribution in [-0.2, 0) is 17.3 Å². The van der Waals surface area contributed by atoms with Crippen LogP contribution in [0.15, 0.2) is 29.3 Å². The number of piperazine rings is 1. The molecular formula is C23H25F3N4OS. The highest BCUT2D eigenvalue weighted by Crippen LogP contribution is 2.45. The second-order valence-corrected chi connectivity index (χ2v) is 9.36. The molecule has 170 valence electrons. The Morgan fingerprint density at radius 3 is 3.00 bits per heavy atom. The first-order valence-electron chi connectivity index (χ1n) is 10.8. The third-order valence-corrected chi connectivity index (χ3v) is 7.27. The van der Waals surface area contributed by atoms with Crippen molar-refractivity contribution in [2.45, 2.75) is 31.5 Å². The van der Waals surface area contributed by atoms with Crippen molar-refractivity contribution in [3.05, 3.63) is 45.8 Å². The molecular weight excluding hydrogens is 437 g/mol. The number of fused-ring (bicyclic) bond motifs is 4. The van der Waals surface area contributed by atoms with Crippen LogP contribution in [0.25, 0.3) is 6.08 Å². The van der Waals surface area contributed by atoms with Crippen LogP contribution in [0.4, 0.5) is 29.5 Å². The van der Waals surface area contributed by atoms with Crippen LogP contribution in [0.3, 0.4) is 0 Å². The van der Waals surface area contributed by atoms with E-state index in [1.807, 2.05) is 0 Å². The minimum Gasteiger partial charge on any atom is -0.385 e. The lowest BCUT2D eigenvalue weighted by Gasteiger charge is -2.36. The molecule has 1 saturated heterocycles. The zero-order chi connectivity index (χ0) is 22.3. The van der Waals surface area contributed by atoms with E-state index in [-0.39, 0.29) is 6.04 Å². The summed E-state index contributed by atoms with van der Waals surface area (Å²) in [6.07, 6.45) is 2.71. The highest BCUT2D eigenvalue weighted by molar-refractivity contribution is 7.17. The highest BCUT2D eigenvalue weighted by Gasteiger charge is 2.34. The molecule has 5 nitrogen and oxygen atoms in total. The summed E-state index contributed by atoms with van der Waals surface area (Å²) in [5, 5.41) is 7.86. The summed E-state index contributed by atoms with van der Waals surface area (Å²) in [6.45, 7) is 2.90. The van der Waals surface area contributed by atoms with E-state index in [0.717, 1.165) is 73.0 Å². The number of alkyl halides is 3. The molecule has 3 aliphatic rings. The Bertz CT molecular complexity index is 1080. The summed E-state index contributed by atoms with van der Waals surface area (Å²) < 4.78 is 45.4. The lowest BCUT2D eigenvalue weighted by molar-refractivity contribution is -0.137. The minimum absolute atomic E-state index is 0.233. The molecule has 0 bridgehead atoms. The number of benzene rings is 1. The first kappa shape index (κ1) is 21.5. The van der Waals surface area contributed by atoms with Crippen molar-refractivity contribution in [2.75, 3.05) is 38.7 Å². The average molecular weight is 463 g/mol. The second-order valence-electron chi connectivity index (χ2n) is 8.25. The molecule has 0 saturated carbocycles. The van der Waals surface area contributed by atoms with Gasteiger partial charge in [-0.15, -0.1) is 11.3 Å². The van der Waals surface area contributed by atoms with Crippen molar-refractivity contribution >= 4 is 39.6 Å². The number of anilines is 2. The standard InChI is InChI=1S/C23H25F3N4OS/c1-31-11-8-15-13-30(10-9-27-15)21-20-16-4-2-3-5-19(16)32-22(20)29-17-7-6-14(23(24,25)26)12-18(17)28-21/h2,4,6-7,12,15,27,29H,3,5,8-11,13H2,1H3/t15-/m0/s1. The van der Waals surface area contributed by atoms with Gasteiger partial charge in [0.2, 0.25) is 0 Å². The molecule has 2 N–H and O–H groups in total. The number of nitrogens with zero attached hydrogens (tertiary/aromatic N) is 2. The summed E-state index contributed by atoms with van der Waals surface area (Å²) in [5.74, 6) is 0.749. The van der Waals surface area contributed by atoms with Crippen molar-refractivity contribution in [1.82, 2.24) is 10.2 Å². The van der Waals surface area contributed by atoms with Crippen LogP contribution in [-0.4, -0.2) is 50.1 Å². The molecule has 0 spiro atoms. The number of hydrogen-bond donors (Lipinski definition) is 2. The molecule has 2 aromatic rings. The number of allylic oxidation sites excluding steroid dienone is 1. The van der Waals surface area contributed by atoms with Crippen LogP contribution < -0.4 is 10.6 Å². The molecule has 9 heteroatoms. The fourth-order valence-corrected chi connectivity index (χ4v) is 5.69. The SMILES string of the molecule is COCC[C@H]1CN(C2=Nc3cc(C(F)(F)F)ccc3Nc3sc4c(c32)C=CCC4)CCN1. The molecule has 3 heterocycles. The summed E-state index contributed by atoms with van der Waals surface area (Å²) in [6, 6.07) is 3.98. The van der Waals surface area contributed by atoms with Crippen molar-refractivity contribution in [3.63, 3.8) is 0 Å². The van der Waals surface area contributed by atoms with Crippen LogP contribution in [0.2, 0.25) is 0 Å². The first-order chi connectivity index (χ1) is 15.4. The lowest BCUT2D eigenvalue weighted by atomic mass is 10.00. The molecule has 5 rings (SSSR count). The Kier molecular flexibility index (Phi) is 5.73. The van der Waals surface area contributed by atoms with Gasteiger partial charge in [0.1, 0.15) is 10.8 Å². The van der Waals surface area contributed by atoms with Crippen LogP contribution in [0.1, 0.15) is 34.4 Å². The van der Waals surface area contributed by atoms with Gasteiger partial charge in [-0.2, -0.15) is 13.2 Å². The number of halogens is 3. The van der Waals surface area contributed by atoms with Crippen LogP contribution in [0, 0.1) is 0 Å². The maximum absolute atomic E-state index is 13.4. The number of aryl methyl sites for hydroxylation is 1. The molecule has 1 aliphatic carbocycles. The third kappa shape index (κ3) is 4.04. The minimum atomic E-state index is -4.41. The third-order valence-electron chi connectivity index (χ3n) is 6.09. The van der Waals surface area contributed by atoms with Gasteiger partial charge in [-0.05, 0) is 37.5 Å². The molecule has 1 atom stereocenters. The van der Waals surface area contributed by atoms with Gasteiger partial charge in [0.15, 0.2) is 0 Å². The number of aliphatic imine (C=N–C) groups is 1. The van der Waals surface area contributed by atoms with E-state index in [1.54, 1.807) is 18.4 Å². The molecule has 32 heavy (non-hydrogen) atoms. The van der Waals surface area contributed by atoms with Gasteiger partial charge in [-0.3, -0.25) is 0 Å². The predicted octanol–water partition coefficient (Wildman–Crippen LogP) is 5.17. The number of amidine groups is 1. The summed E-state index contributed by atoms with van der Waals surface area (Å²) in [4.78, 5) is 8.37. The Morgan fingerprint density at radius 1 is 1.31 bits per heavy atom. The van der Waals surface area contributed by atoms with Crippen molar-refractivity contribution in [3.8, 4) is 0 Å². The van der Waals surface area contributed by atoms with Crippen LogP contribution >= 0.6 is 11.3 Å². The number of nitrogens with one attached hydrogen (secondary N) is 2. The van der Waals surface area contributed by atoms with Gasteiger partial charge in [0.05, 0.1) is 22.5 Å². The monoisotopic (exact) mass is 462 g/mol. The molecule has 1 aromatic carbocycles. The number of methoxy groups -OCH3 is 1. The van der Waals surface area contributed by atoms with E-state index < -0.39 is 11.7 Å². The van der Waals surface area contributed by atoms with Gasteiger partial charge < -0.3 is 20.3 Å². The molecule has 2 aliphatic heterocycles. The maximum Gasteiger partial charge on any atom is 0.416 e. The molecule has 0 amide bonds. The summed E-state index contributed by atoms with van der Waals surface area (Å²) >= 11 is 1.68. The van der Waals surface area contributed by atoms with Gasteiger partial charge in [-0.25, -0.2) is 4.99 Å². The van der Waals surface area contributed by atoms with E-state index in [1.165, 1.54) is 10.9 Å². The Hall–Kier alpha value is -2.36. The zero-order valence-electron chi connectivity index (χ0n) is 17.8. The summed E-state index contributed by atoms with van der Waals surface area (Å²) in [7, 11) is 1.69. The normalized spacial score (nSPS) is 20.1. The highest BCUT2D eigenvalue weighted by atomic mass is 32.1. The van der Waals surface area contributed by atoms with Crippen molar-refractivity contribution < 1.29 is 17.9 Å². The fraction of sp³-hybridized carbons (Fsp3) is 0.435. The van der Waals surface area contributed by atoms with Crippen molar-refractivity contribution in [1.29, 1.82) is 0 Å². The molecule has 1 fully saturated rings. The quantitative estimate of drug-likeness (QED) is 0.661. The smallest absolute Gasteiger partial charge is 0.385 e. The van der Waals surface area contributed by atoms with E-state index in [4.69, 9.17) is 9.73 Å². The second kappa shape index (κ2) is 8.53. The Labute approximate surface area is 189 Å². The van der Waals surface area contributed by atoms with Gasteiger partial charge in [-0.1, -0.05) is 12.2 Å². The number of ether oxygens (including phenoxy) is 1. The van der Waals surface area contributed by atoms with Gasteiger partial charge in [0, 0.05) is 49.8 Å². The van der Waals surface area contributed by atoms with Crippen LogP contribution in [0.5, 0.6) is 0 Å². The molecule has 0 unspecified atom stereocenters. The first-order valence-corrected chi connectivity index (χ1v) is 11.6. The molecule has 0 radical (unpaired) electrons. The predicted molar refractivity (Wildman–Crippen MR) is 122 cm³/mol. The average Bonchev–Trinajstić information content (AvgIpc) is 3.05. The lowest BCUT2D eigenvalue weighted by Crippen LogP contribution is -2.53. The fourth-order valence-electron chi connectivity index (χ4n) is 4.48. The largest absolute Gasteiger partial charge is 0.416 e. The van der Waals surface area contributed by atoms with E-state index in [2.05, 4.69) is 27.7 Å². The Balaban J connectivity index is 1.61. The summed E-state index contributed by atoms with van der Waals surface area (Å²) in [5.41, 5.74) is 2.37. The maximum atomic E-state index is 13.4. The number of rotatable bonds is 3.